The van der Waals surface area contributed by atoms with Crippen LogP contribution >= 0.6 is 0 Å². The molecule has 1 aliphatic carbocycles. The van der Waals surface area contributed by atoms with Crippen molar-refractivity contribution < 1.29 is 19.8 Å². The number of aliphatic hydroxyl groups is 1. The van der Waals surface area contributed by atoms with Crippen molar-refractivity contribution in [2.75, 3.05) is 6.54 Å². The Kier molecular flexibility index (Phi) is 4.96. The van der Waals surface area contributed by atoms with Gasteiger partial charge in [-0.25, -0.2) is 0 Å². The SMILES string of the molecule is O=C(CC1(C(=O)O)CCC1)NCC(O)Cc1ccccc1. The van der Waals surface area contributed by atoms with Crippen LogP contribution in [0.1, 0.15) is 31.2 Å². The van der Waals surface area contributed by atoms with Gasteiger partial charge in [0, 0.05) is 19.4 Å². The average Bonchev–Trinajstić information content (AvgIpc) is 2.41. The largest absolute Gasteiger partial charge is 0.481 e. The third-order valence-electron chi connectivity index (χ3n) is 4.11. The summed E-state index contributed by atoms with van der Waals surface area (Å²) < 4.78 is 0. The summed E-state index contributed by atoms with van der Waals surface area (Å²) >= 11 is 0. The highest BCUT2D eigenvalue weighted by Gasteiger charge is 2.45. The van der Waals surface area contributed by atoms with E-state index in [-0.39, 0.29) is 18.9 Å². The first-order chi connectivity index (χ1) is 10.0. The van der Waals surface area contributed by atoms with Gasteiger partial charge in [-0.05, 0) is 18.4 Å². The third-order valence-corrected chi connectivity index (χ3v) is 4.11. The summed E-state index contributed by atoms with van der Waals surface area (Å²) in [7, 11) is 0. The number of amides is 1. The molecule has 0 aliphatic heterocycles. The van der Waals surface area contributed by atoms with Gasteiger partial charge in [0.2, 0.25) is 5.91 Å². The summed E-state index contributed by atoms with van der Waals surface area (Å²) in [5, 5.41) is 21.7. The van der Waals surface area contributed by atoms with Crippen LogP contribution in [0.4, 0.5) is 0 Å². The van der Waals surface area contributed by atoms with E-state index in [0.717, 1.165) is 12.0 Å². The Hall–Kier alpha value is -1.88. The number of hydrogen-bond acceptors (Lipinski definition) is 3. The van der Waals surface area contributed by atoms with Crippen molar-refractivity contribution in [1.82, 2.24) is 5.32 Å². The molecule has 1 aromatic carbocycles. The average molecular weight is 291 g/mol. The van der Waals surface area contributed by atoms with Crippen molar-refractivity contribution in [3.05, 3.63) is 35.9 Å². The Labute approximate surface area is 124 Å². The minimum absolute atomic E-state index is 0.000387. The zero-order chi connectivity index (χ0) is 15.3. The van der Waals surface area contributed by atoms with Crippen LogP contribution in [0.3, 0.4) is 0 Å². The number of aliphatic hydroxyl groups excluding tert-OH is 1. The summed E-state index contributed by atoms with van der Waals surface area (Å²) in [5.74, 6) is -1.20. The third kappa shape index (κ3) is 4.04. The number of carboxylic acids is 1. The molecule has 1 aromatic rings. The predicted octanol–water partition coefficient (Wildman–Crippen LogP) is 1.35. The molecule has 5 nitrogen and oxygen atoms in total. The molecule has 1 unspecified atom stereocenters. The maximum Gasteiger partial charge on any atom is 0.310 e. The van der Waals surface area contributed by atoms with Crippen LogP contribution in [0.2, 0.25) is 0 Å². The zero-order valence-electron chi connectivity index (χ0n) is 11.9. The molecule has 1 amide bonds. The Morgan fingerprint density at radius 2 is 1.90 bits per heavy atom. The van der Waals surface area contributed by atoms with E-state index in [9.17, 15) is 19.8 Å². The predicted molar refractivity (Wildman–Crippen MR) is 77.7 cm³/mol. The second-order valence-corrected chi connectivity index (χ2v) is 5.76. The lowest BCUT2D eigenvalue weighted by Crippen LogP contribution is -2.43. The van der Waals surface area contributed by atoms with Crippen molar-refractivity contribution in [3.8, 4) is 0 Å². The highest BCUT2D eigenvalue weighted by atomic mass is 16.4. The highest BCUT2D eigenvalue weighted by Crippen LogP contribution is 2.44. The summed E-state index contributed by atoms with van der Waals surface area (Å²) in [6.45, 7) is 0.142. The van der Waals surface area contributed by atoms with Crippen LogP contribution in [0.25, 0.3) is 0 Å². The van der Waals surface area contributed by atoms with E-state index in [1.807, 2.05) is 30.3 Å². The molecule has 0 saturated heterocycles. The molecule has 0 aromatic heterocycles. The standard InChI is InChI=1S/C16H21NO4/c18-13(9-12-5-2-1-3-6-12)11-17-14(19)10-16(15(20)21)7-4-8-16/h1-3,5-6,13,18H,4,7-11H2,(H,17,19)(H,20,21). The molecule has 1 aliphatic rings. The molecule has 0 bridgehead atoms. The molecule has 114 valence electrons. The summed E-state index contributed by atoms with van der Waals surface area (Å²) in [5.41, 5.74) is 0.120. The number of benzene rings is 1. The number of rotatable bonds is 7. The quantitative estimate of drug-likeness (QED) is 0.708. The van der Waals surface area contributed by atoms with E-state index < -0.39 is 17.5 Å². The topological polar surface area (TPSA) is 86.6 Å². The fourth-order valence-corrected chi connectivity index (χ4v) is 2.63. The van der Waals surface area contributed by atoms with Crippen LogP contribution in [0, 0.1) is 5.41 Å². The van der Waals surface area contributed by atoms with Crippen LogP contribution < -0.4 is 5.32 Å². The molecule has 0 spiro atoms. The summed E-state index contributed by atoms with van der Waals surface area (Å²) in [4.78, 5) is 23.0. The Morgan fingerprint density at radius 3 is 2.43 bits per heavy atom. The molecule has 3 N–H and O–H groups in total. The first-order valence-corrected chi connectivity index (χ1v) is 7.24. The van der Waals surface area contributed by atoms with Gasteiger partial charge in [0.1, 0.15) is 0 Å². The molecule has 1 saturated carbocycles. The molecule has 5 heteroatoms. The number of aliphatic carboxylic acids is 1. The van der Waals surface area contributed by atoms with Crippen molar-refractivity contribution in [2.45, 2.75) is 38.2 Å². The fraction of sp³-hybridized carbons (Fsp3) is 0.500. The molecule has 21 heavy (non-hydrogen) atoms. The molecule has 0 heterocycles. The molecule has 1 atom stereocenters. The van der Waals surface area contributed by atoms with Crippen LogP contribution in [-0.4, -0.2) is 34.7 Å². The van der Waals surface area contributed by atoms with Gasteiger partial charge in [-0.2, -0.15) is 0 Å². The maximum atomic E-state index is 11.8. The minimum atomic E-state index is -0.895. The number of carboxylic acid groups (broad SMARTS) is 1. The molecular formula is C16H21NO4. The van der Waals surface area contributed by atoms with Gasteiger partial charge >= 0.3 is 5.97 Å². The molecule has 1 fully saturated rings. The van der Waals surface area contributed by atoms with Crippen LogP contribution in [0.15, 0.2) is 30.3 Å². The van der Waals surface area contributed by atoms with Gasteiger partial charge < -0.3 is 15.5 Å². The van der Waals surface area contributed by atoms with Crippen molar-refractivity contribution in [2.24, 2.45) is 5.41 Å². The van der Waals surface area contributed by atoms with Crippen LogP contribution in [-0.2, 0) is 16.0 Å². The Balaban J connectivity index is 1.75. The lowest BCUT2D eigenvalue weighted by molar-refractivity contribution is -0.157. The normalized spacial score (nSPS) is 17.6. The zero-order valence-corrected chi connectivity index (χ0v) is 11.9. The lowest BCUT2D eigenvalue weighted by Gasteiger charge is -2.37. The van der Waals surface area contributed by atoms with Gasteiger partial charge in [0.15, 0.2) is 0 Å². The van der Waals surface area contributed by atoms with Gasteiger partial charge in [-0.3, -0.25) is 9.59 Å². The number of hydrogen-bond donors (Lipinski definition) is 3. The second kappa shape index (κ2) is 6.72. The van der Waals surface area contributed by atoms with Crippen molar-refractivity contribution in [1.29, 1.82) is 0 Å². The van der Waals surface area contributed by atoms with Gasteiger partial charge in [0.25, 0.3) is 0 Å². The molecule has 0 radical (unpaired) electrons. The number of nitrogens with one attached hydrogen (secondary N) is 1. The summed E-state index contributed by atoms with van der Waals surface area (Å²) in [6, 6.07) is 9.53. The second-order valence-electron chi connectivity index (χ2n) is 5.76. The van der Waals surface area contributed by atoms with E-state index >= 15 is 0 Å². The first-order valence-electron chi connectivity index (χ1n) is 7.24. The maximum absolute atomic E-state index is 11.8. The Morgan fingerprint density at radius 1 is 1.24 bits per heavy atom. The number of carbonyl (C=O) groups excluding carboxylic acids is 1. The van der Waals surface area contributed by atoms with E-state index in [0.29, 0.717) is 19.3 Å². The molecule has 2 rings (SSSR count). The first kappa shape index (κ1) is 15.5. The van der Waals surface area contributed by atoms with Gasteiger partial charge in [0.05, 0.1) is 11.5 Å². The van der Waals surface area contributed by atoms with E-state index in [4.69, 9.17) is 0 Å². The van der Waals surface area contributed by atoms with Gasteiger partial charge in [-0.1, -0.05) is 36.8 Å². The highest BCUT2D eigenvalue weighted by molar-refractivity contribution is 5.85. The molecular weight excluding hydrogens is 270 g/mol. The minimum Gasteiger partial charge on any atom is -0.481 e. The van der Waals surface area contributed by atoms with Crippen molar-refractivity contribution in [3.63, 3.8) is 0 Å². The van der Waals surface area contributed by atoms with E-state index in [1.54, 1.807) is 0 Å². The van der Waals surface area contributed by atoms with Crippen LogP contribution in [0.5, 0.6) is 0 Å². The smallest absolute Gasteiger partial charge is 0.310 e. The lowest BCUT2D eigenvalue weighted by atomic mass is 9.66. The van der Waals surface area contributed by atoms with E-state index in [1.165, 1.54) is 0 Å². The van der Waals surface area contributed by atoms with Crippen molar-refractivity contribution >= 4 is 11.9 Å². The summed E-state index contributed by atoms with van der Waals surface area (Å²) in [6.07, 6.45) is 1.77. The fourth-order valence-electron chi connectivity index (χ4n) is 2.63. The number of carbonyl (C=O) groups is 2. The Bertz CT molecular complexity index is 496. The van der Waals surface area contributed by atoms with Gasteiger partial charge in [-0.15, -0.1) is 0 Å². The monoisotopic (exact) mass is 291 g/mol. The van der Waals surface area contributed by atoms with E-state index in [2.05, 4.69) is 5.32 Å².